The van der Waals surface area contributed by atoms with Crippen molar-refractivity contribution in [3.05, 3.63) is 53.7 Å². The Morgan fingerprint density at radius 1 is 1.19 bits per heavy atom. The molecular formula is C17H18N4. The number of H-pyrrole nitrogens is 1. The van der Waals surface area contributed by atoms with Crippen LogP contribution in [0.15, 0.2) is 42.6 Å². The molecule has 3 N–H and O–H groups in total. The summed E-state index contributed by atoms with van der Waals surface area (Å²) < 4.78 is 0. The molecular weight excluding hydrogens is 260 g/mol. The second-order valence-electron chi connectivity index (χ2n) is 5.51. The van der Waals surface area contributed by atoms with Gasteiger partial charge < -0.3 is 10.6 Å². The van der Waals surface area contributed by atoms with Crippen molar-refractivity contribution in [1.82, 2.24) is 10.2 Å². The zero-order valence-electron chi connectivity index (χ0n) is 11.8. The minimum Gasteiger partial charge on any atom is -0.385 e. The predicted molar refractivity (Wildman–Crippen MR) is 86.7 cm³/mol. The highest BCUT2D eigenvalue weighted by Crippen LogP contribution is 2.27. The molecule has 0 fully saturated rings. The van der Waals surface area contributed by atoms with E-state index >= 15 is 0 Å². The fourth-order valence-corrected chi connectivity index (χ4v) is 2.97. The molecule has 2 aromatic carbocycles. The van der Waals surface area contributed by atoms with Gasteiger partial charge in [0.05, 0.1) is 11.7 Å². The molecule has 2 heterocycles. The van der Waals surface area contributed by atoms with E-state index in [1.54, 1.807) is 0 Å². The van der Waals surface area contributed by atoms with E-state index in [0.717, 1.165) is 29.7 Å². The highest BCUT2D eigenvalue weighted by atomic mass is 15.1. The fraction of sp³-hybridized carbons (Fsp3) is 0.235. The van der Waals surface area contributed by atoms with Crippen LogP contribution in [0.25, 0.3) is 10.9 Å². The molecule has 0 unspecified atom stereocenters. The topological polar surface area (TPSA) is 52.7 Å². The van der Waals surface area contributed by atoms with E-state index in [-0.39, 0.29) is 0 Å². The number of para-hydroxylation sites is 1. The standard InChI is InChI=1S/C17H18N4/c1-3-12-5-2-8-18-17(12)14(4-1)10-19-15-7-6-13-11-20-21-16(13)9-15/h1,3-4,6-7,9,11,18-19H,2,5,8,10H2,(H,20,21). The maximum Gasteiger partial charge on any atom is 0.0670 e. The van der Waals surface area contributed by atoms with E-state index in [9.17, 15) is 0 Å². The zero-order valence-corrected chi connectivity index (χ0v) is 11.8. The quantitative estimate of drug-likeness (QED) is 0.687. The van der Waals surface area contributed by atoms with E-state index in [0.29, 0.717) is 0 Å². The smallest absolute Gasteiger partial charge is 0.0670 e. The van der Waals surface area contributed by atoms with E-state index < -0.39 is 0 Å². The predicted octanol–water partition coefficient (Wildman–Crippen LogP) is 3.53. The van der Waals surface area contributed by atoms with Gasteiger partial charge in [-0.3, -0.25) is 5.10 Å². The molecule has 0 atom stereocenters. The van der Waals surface area contributed by atoms with Gasteiger partial charge in [-0.25, -0.2) is 0 Å². The van der Waals surface area contributed by atoms with Crippen molar-refractivity contribution in [3.8, 4) is 0 Å². The first-order valence-corrected chi connectivity index (χ1v) is 7.42. The molecule has 21 heavy (non-hydrogen) atoms. The van der Waals surface area contributed by atoms with Crippen molar-refractivity contribution in [3.63, 3.8) is 0 Å². The van der Waals surface area contributed by atoms with Crippen molar-refractivity contribution in [2.24, 2.45) is 0 Å². The molecule has 1 aromatic heterocycles. The molecule has 3 aromatic rings. The Bertz CT molecular complexity index is 775. The van der Waals surface area contributed by atoms with Gasteiger partial charge >= 0.3 is 0 Å². The van der Waals surface area contributed by atoms with Crippen molar-refractivity contribution in [2.75, 3.05) is 17.2 Å². The number of fused-ring (bicyclic) bond motifs is 2. The average Bonchev–Trinajstić information content (AvgIpc) is 3.00. The van der Waals surface area contributed by atoms with Crippen molar-refractivity contribution in [1.29, 1.82) is 0 Å². The second kappa shape index (κ2) is 5.13. The van der Waals surface area contributed by atoms with Gasteiger partial charge in [0.15, 0.2) is 0 Å². The molecule has 0 aliphatic carbocycles. The molecule has 4 nitrogen and oxygen atoms in total. The lowest BCUT2D eigenvalue weighted by Gasteiger charge is -2.21. The number of hydrogen-bond donors (Lipinski definition) is 3. The lowest BCUT2D eigenvalue weighted by molar-refractivity contribution is 0.825. The molecule has 0 amide bonds. The van der Waals surface area contributed by atoms with Crippen LogP contribution in [0.1, 0.15) is 17.5 Å². The monoisotopic (exact) mass is 278 g/mol. The van der Waals surface area contributed by atoms with Gasteiger partial charge in [-0.15, -0.1) is 0 Å². The first-order chi connectivity index (χ1) is 10.4. The summed E-state index contributed by atoms with van der Waals surface area (Å²) in [7, 11) is 0. The second-order valence-corrected chi connectivity index (χ2v) is 5.51. The maximum absolute atomic E-state index is 4.06. The molecule has 1 aliphatic rings. The number of aromatic nitrogens is 2. The highest BCUT2D eigenvalue weighted by Gasteiger charge is 2.11. The molecule has 1 aliphatic heterocycles. The minimum atomic E-state index is 0.829. The van der Waals surface area contributed by atoms with E-state index in [1.165, 1.54) is 29.7 Å². The minimum absolute atomic E-state index is 0.829. The molecule has 106 valence electrons. The highest BCUT2D eigenvalue weighted by molar-refractivity contribution is 5.81. The van der Waals surface area contributed by atoms with Gasteiger partial charge in [0.25, 0.3) is 0 Å². The Kier molecular flexibility index (Phi) is 2.99. The summed E-state index contributed by atoms with van der Waals surface area (Å²) in [5.41, 5.74) is 6.26. The van der Waals surface area contributed by atoms with Crippen LogP contribution >= 0.6 is 0 Å². The summed E-state index contributed by atoms with van der Waals surface area (Å²) in [6.07, 6.45) is 4.24. The van der Waals surface area contributed by atoms with Gasteiger partial charge in [0.1, 0.15) is 0 Å². The van der Waals surface area contributed by atoms with Gasteiger partial charge in [0.2, 0.25) is 0 Å². The lowest BCUT2D eigenvalue weighted by Crippen LogP contribution is -2.14. The molecule has 0 saturated heterocycles. The number of rotatable bonds is 3. The number of nitrogens with one attached hydrogen (secondary N) is 3. The summed E-state index contributed by atoms with van der Waals surface area (Å²) in [4.78, 5) is 0. The molecule has 4 heteroatoms. The van der Waals surface area contributed by atoms with Gasteiger partial charge in [-0.05, 0) is 42.2 Å². The van der Waals surface area contributed by atoms with E-state index in [4.69, 9.17) is 0 Å². The van der Waals surface area contributed by atoms with Crippen LogP contribution in [-0.4, -0.2) is 16.7 Å². The zero-order chi connectivity index (χ0) is 14.1. The first kappa shape index (κ1) is 12.3. The third-order valence-electron chi connectivity index (χ3n) is 4.09. The third kappa shape index (κ3) is 2.33. The van der Waals surface area contributed by atoms with Gasteiger partial charge in [-0.2, -0.15) is 5.10 Å². The summed E-state index contributed by atoms with van der Waals surface area (Å²) in [6, 6.07) is 12.9. The van der Waals surface area contributed by atoms with Gasteiger partial charge in [0, 0.05) is 29.9 Å². The fourth-order valence-electron chi connectivity index (χ4n) is 2.97. The Morgan fingerprint density at radius 2 is 2.19 bits per heavy atom. The largest absolute Gasteiger partial charge is 0.385 e. The van der Waals surface area contributed by atoms with Gasteiger partial charge in [-0.1, -0.05) is 18.2 Å². The van der Waals surface area contributed by atoms with E-state index in [2.05, 4.69) is 57.2 Å². The molecule has 4 rings (SSSR count). The third-order valence-corrected chi connectivity index (χ3v) is 4.09. The molecule has 0 bridgehead atoms. The SMILES string of the molecule is c1cc2c(c(CNc3ccc4cn[nH]c4c3)c1)NCCC2. The number of aryl methyl sites for hydroxylation is 1. The van der Waals surface area contributed by atoms with Crippen LogP contribution in [0.4, 0.5) is 11.4 Å². The summed E-state index contributed by atoms with van der Waals surface area (Å²) in [5, 5.41) is 15.2. The number of benzene rings is 2. The maximum atomic E-state index is 4.06. The Morgan fingerprint density at radius 3 is 3.19 bits per heavy atom. The average molecular weight is 278 g/mol. The number of aromatic amines is 1. The van der Waals surface area contributed by atoms with Crippen LogP contribution in [-0.2, 0) is 13.0 Å². The van der Waals surface area contributed by atoms with Crippen molar-refractivity contribution in [2.45, 2.75) is 19.4 Å². The molecule has 0 radical (unpaired) electrons. The van der Waals surface area contributed by atoms with Crippen LogP contribution < -0.4 is 10.6 Å². The normalized spacial score (nSPS) is 13.7. The molecule has 0 spiro atoms. The first-order valence-electron chi connectivity index (χ1n) is 7.42. The summed E-state index contributed by atoms with van der Waals surface area (Å²) in [5.74, 6) is 0. The lowest BCUT2D eigenvalue weighted by atomic mass is 9.99. The summed E-state index contributed by atoms with van der Waals surface area (Å²) in [6.45, 7) is 1.90. The number of hydrogen-bond acceptors (Lipinski definition) is 3. The van der Waals surface area contributed by atoms with E-state index in [1.807, 2.05) is 6.20 Å². The molecule has 0 saturated carbocycles. The Hall–Kier alpha value is -2.49. The van der Waals surface area contributed by atoms with Crippen LogP contribution in [0.2, 0.25) is 0 Å². The van der Waals surface area contributed by atoms with Crippen LogP contribution in [0.3, 0.4) is 0 Å². The Labute approximate surface area is 123 Å². The van der Waals surface area contributed by atoms with Crippen LogP contribution in [0.5, 0.6) is 0 Å². The Balaban J connectivity index is 1.56. The van der Waals surface area contributed by atoms with Crippen LogP contribution in [0, 0.1) is 0 Å². The number of nitrogens with zero attached hydrogens (tertiary/aromatic N) is 1. The van der Waals surface area contributed by atoms with Crippen molar-refractivity contribution >= 4 is 22.3 Å². The summed E-state index contributed by atoms with van der Waals surface area (Å²) >= 11 is 0. The number of anilines is 2. The van der Waals surface area contributed by atoms with Crippen molar-refractivity contribution < 1.29 is 0 Å².